The molecule has 3 N–H and O–H groups in total. The van der Waals surface area contributed by atoms with Gasteiger partial charge in [0.2, 0.25) is 10.0 Å². The smallest absolute Gasteiger partial charge is 0.287 e. The molecule has 27 heavy (non-hydrogen) atoms. The normalized spacial score (nSPS) is 13.2. The number of hydrogen-bond donors (Lipinski definition) is 2. The van der Waals surface area contributed by atoms with Gasteiger partial charge in [-0.2, -0.15) is 0 Å². The molecule has 0 aliphatic carbocycles. The average Bonchev–Trinajstić information content (AvgIpc) is 3.01. The molecule has 0 saturated carbocycles. The number of benzene rings is 1. The Morgan fingerprint density at radius 2 is 1.74 bits per heavy atom. The third kappa shape index (κ3) is 4.77. The van der Waals surface area contributed by atoms with Gasteiger partial charge in [0, 0.05) is 32.7 Å². The molecule has 148 valence electrons. The summed E-state index contributed by atoms with van der Waals surface area (Å²) >= 11 is 0. The first-order valence-electron chi connectivity index (χ1n) is 8.70. The second-order valence-corrected chi connectivity index (χ2v) is 9.08. The molecule has 0 fully saturated rings. The topological polar surface area (TPSA) is 106 Å². The van der Waals surface area contributed by atoms with Crippen LogP contribution in [0.2, 0.25) is 0 Å². The Kier molecular flexibility index (Phi) is 6.46. The van der Waals surface area contributed by atoms with Gasteiger partial charge in [0.15, 0.2) is 5.76 Å². The van der Waals surface area contributed by atoms with Gasteiger partial charge in [-0.25, -0.2) is 12.7 Å². The Morgan fingerprint density at radius 1 is 1.19 bits per heavy atom. The summed E-state index contributed by atoms with van der Waals surface area (Å²) in [6.45, 7) is 5.95. The number of sulfonamides is 1. The summed E-state index contributed by atoms with van der Waals surface area (Å²) in [5.74, 6) is 0.0371. The van der Waals surface area contributed by atoms with Crippen LogP contribution in [0, 0.1) is 6.92 Å². The molecule has 2 rings (SSSR count). The van der Waals surface area contributed by atoms with Crippen molar-refractivity contribution in [1.29, 1.82) is 0 Å². The van der Waals surface area contributed by atoms with Gasteiger partial charge < -0.3 is 15.5 Å². The molecule has 1 aromatic heterocycles. The van der Waals surface area contributed by atoms with E-state index >= 15 is 0 Å². The molecule has 1 heterocycles. The summed E-state index contributed by atoms with van der Waals surface area (Å²) in [6.07, 6.45) is 0. The molecule has 1 aromatic carbocycles. The van der Waals surface area contributed by atoms with Crippen LogP contribution in [0.15, 0.2) is 39.6 Å². The molecule has 1 amide bonds. The van der Waals surface area contributed by atoms with Gasteiger partial charge in [-0.15, -0.1) is 0 Å². The van der Waals surface area contributed by atoms with Crippen LogP contribution >= 0.6 is 0 Å². The number of carbonyl (C=O) groups is 1. The summed E-state index contributed by atoms with van der Waals surface area (Å²) in [4.78, 5) is 12.3. The van der Waals surface area contributed by atoms with Crippen LogP contribution in [0.5, 0.6) is 0 Å². The highest BCUT2D eigenvalue weighted by Gasteiger charge is 2.26. The van der Waals surface area contributed by atoms with Gasteiger partial charge in [-0.1, -0.05) is 38.1 Å². The number of nitrogens with two attached hydrogens (primary N) is 1. The van der Waals surface area contributed by atoms with Gasteiger partial charge in [0.25, 0.3) is 5.91 Å². The molecule has 8 heteroatoms. The first-order valence-corrected chi connectivity index (χ1v) is 10.1. The number of nitrogens with one attached hydrogen (secondary N) is 1. The number of amides is 1. The van der Waals surface area contributed by atoms with Crippen molar-refractivity contribution in [1.82, 2.24) is 9.62 Å². The van der Waals surface area contributed by atoms with Crippen LogP contribution in [-0.2, 0) is 10.0 Å². The van der Waals surface area contributed by atoms with Crippen molar-refractivity contribution in [3.63, 3.8) is 0 Å². The highest BCUT2D eigenvalue weighted by molar-refractivity contribution is 7.89. The minimum absolute atomic E-state index is 0.0220. The number of carbonyl (C=O) groups excluding carboxylic acids is 1. The van der Waals surface area contributed by atoms with Crippen LogP contribution in [0.4, 0.5) is 0 Å². The van der Waals surface area contributed by atoms with Gasteiger partial charge in [-0.3, -0.25) is 4.79 Å². The van der Waals surface area contributed by atoms with E-state index in [-0.39, 0.29) is 29.0 Å². The molecule has 0 aliphatic rings. The standard InChI is InChI=1S/C19H27N3O4S/c1-12(2)14-6-8-15(9-7-14)16(20)11-21-19(23)17-10-18(13(3)26-17)27(24,25)22(4)5/h6-10,12,16H,11,20H2,1-5H3,(H,21,23). The van der Waals surface area contributed by atoms with Gasteiger partial charge in [0.05, 0.1) is 0 Å². The molecule has 7 nitrogen and oxygen atoms in total. The Balaban J connectivity index is 2.05. The van der Waals surface area contributed by atoms with E-state index in [4.69, 9.17) is 10.2 Å². The predicted octanol–water partition coefficient (Wildman–Crippen LogP) is 2.39. The van der Waals surface area contributed by atoms with E-state index in [1.165, 1.54) is 32.6 Å². The summed E-state index contributed by atoms with van der Waals surface area (Å²) in [6, 6.07) is 8.81. The van der Waals surface area contributed by atoms with Gasteiger partial charge in [-0.05, 0) is 24.0 Å². The van der Waals surface area contributed by atoms with E-state index in [9.17, 15) is 13.2 Å². The second-order valence-electron chi connectivity index (χ2n) is 6.96. The molecule has 1 atom stereocenters. The first-order chi connectivity index (χ1) is 12.5. The molecule has 0 radical (unpaired) electrons. The number of aryl methyl sites for hydroxylation is 1. The van der Waals surface area contributed by atoms with Gasteiger partial charge >= 0.3 is 0 Å². The van der Waals surface area contributed by atoms with Crippen molar-refractivity contribution in [3.05, 3.63) is 53.0 Å². The van der Waals surface area contributed by atoms with Crippen molar-refractivity contribution in [2.45, 2.75) is 37.6 Å². The maximum atomic E-state index is 12.3. The van der Waals surface area contributed by atoms with E-state index in [0.717, 1.165) is 9.87 Å². The lowest BCUT2D eigenvalue weighted by molar-refractivity contribution is 0.0922. The fourth-order valence-electron chi connectivity index (χ4n) is 2.57. The molecule has 0 aliphatic heterocycles. The quantitative estimate of drug-likeness (QED) is 0.751. The molecule has 0 saturated heterocycles. The van der Waals surface area contributed by atoms with Crippen LogP contribution < -0.4 is 11.1 Å². The maximum Gasteiger partial charge on any atom is 0.287 e. The molecular weight excluding hydrogens is 366 g/mol. The van der Waals surface area contributed by atoms with Crippen LogP contribution in [0.1, 0.15) is 53.2 Å². The summed E-state index contributed by atoms with van der Waals surface area (Å²) < 4.78 is 30.9. The largest absolute Gasteiger partial charge is 0.455 e. The van der Waals surface area contributed by atoms with E-state index in [2.05, 4.69) is 19.2 Å². The lowest BCUT2D eigenvalue weighted by Gasteiger charge is -2.14. The first kappa shape index (κ1) is 21.1. The average molecular weight is 394 g/mol. The zero-order valence-corrected chi connectivity index (χ0v) is 17.1. The summed E-state index contributed by atoms with van der Waals surface area (Å²) in [7, 11) is -0.827. The molecular formula is C19H27N3O4S. The van der Waals surface area contributed by atoms with Crippen LogP contribution in [0.25, 0.3) is 0 Å². The lowest BCUT2D eigenvalue weighted by Crippen LogP contribution is -2.31. The highest BCUT2D eigenvalue weighted by atomic mass is 32.2. The lowest BCUT2D eigenvalue weighted by atomic mass is 9.99. The minimum atomic E-state index is -3.67. The Morgan fingerprint density at radius 3 is 2.26 bits per heavy atom. The third-order valence-electron chi connectivity index (χ3n) is 4.37. The number of rotatable bonds is 7. The molecule has 2 aromatic rings. The van der Waals surface area contributed by atoms with Crippen molar-refractivity contribution in [2.75, 3.05) is 20.6 Å². The molecule has 1 unspecified atom stereocenters. The SMILES string of the molecule is Cc1oc(C(=O)NCC(N)c2ccc(C(C)C)cc2)cc1S(=O)(=O)N(C)C. The van der Waals surface area contributed by atoms with E-state index in [1.54, 1.807) is 0 Å². The zero-order valence-electron chi connectivity index (χ0n) is 16.3. The Labute approximate surface area is 160 Å². The van der Waals surface area contributed by atoms with Crippen molar-refractivity contribution >= 4 is 15.9 Å². The number of furan rings is 1. The number of nitrogens with zero attached hydrogens (tertiary/aromatic N) is 1. The van der Waals surface area contributed by atoms with Crippen molar-refractivity contribution in [3.8, 4) is 0 Å². The van der Waals surface area contributed by atoms with E-state index in [0.29, 0.717) is 5.92 Å². The monoisotopic (exact) mass is 393 g/mol. The maximum absolute atomic E-state index is 12.3. The fraction of sp³-hybridized carbons (Fsp3) is 0.421. The van der Waals surface area contributed by atoms with Gasteiger partial charge in [0.1, 0.15) is 10.7 Å². The highest BCUT2D eigenvalue weighted by Crippen LogP contribution is 2.22. The Hall–Kier alpha value is -2.16. The second kappa shape index (κ2) is 8.24. The summed E-state index contributed by atoms with van der Waals surface area (Å²) in [5, 5.41) is 2.69. The van der Waals surface area contributed by atoms with E-state index < -0.39 is 15.9 Å². The summed E-state index contributed by atoms with van der Waals surface area (Å²) in [5.41, 5.74) is 8.27. The van der Waals surface area contributed by atoms with Crippen LogP contribution in [-0.4, -0.2) is 39.3 Å². The van der Waals surface area contributed by atoms with E-state index in [1.807, 2.05) is 24.3 Å². The van der Waals surface area contributed by atoms with Crippen LogP contribution in [0.3, 0.4) is 0 Å². The Bertz CT molecular complexity index is 900. The van der Waals surface area contributed by atoms with Crippen molar-refractivity contribution < 1.29 is 17.6 Å². The molecule has 0 bridgehead atoms. The number of hydrogen-bond acceptors (Lipinski definition) is 5. The minimum Gasteiger partial charge on any atom is -0.455 e. The van der Waals surface area contributed by atoms with Crippen molar-refractivity contribution in [2.24, 2.45) is 5.73 Å². The molecule has 0 spiro atoms. The fourth-order valence-corrected chi connectivity index (χ4v) is 3.62. The predicted molar refractivity (Wildman–Crippen MR) is 104 cm³/mol. The zero-order chi connectivity index (χ0) is 20.4. The third-order valence-corrected chi connectivity index (χ3v) is 6.29.